The summed E-state index contributed by atoms with van der Waals surface area (Å²) in [6.07, 6.45) is 3.35. The highest BCUT2D eigenvalue weighted by atomic mass is 19.3. The van der Waals surface area contributed by atoms with Crippen LogP contribution in [0.1, 0.15) is 26.2 Å². The second kappa shape index (κ2) is 7.43. The maximum absolute atomic E-state index is 12.2. The van der Waals surface area contributed by atoms with Crippen LogP contribution in [0.3, 0.4) is 0 Å². The van der Waals surface area contributed by atoms with Gasteiger partial charge >= 0.3 is 6.61 Å². The molecule has 1 N–H and O–H groups in total. The maximum atomic E-state index is 12.2. The molecule has 0 amide bonds. The summed E-state index contributed by atoms with van der Waals surface area (Å²) >= 11 is 0. The zero-order valence-electron chi connectivity index (χ0n) is 11.8. The number of nitrogens with one attached hydrogen (secondary N) is 1. The van der Waals surface area contributed by atoms with E-state index in [-0.39, 0.29) is 5.75 Å². The fourth-order valence-corrected chi connectivity index (χ4v) is 2.61. The third kappa shape index (κ3) is 4.63. The van der Waals surface area contributed by atoms with Crippen molar-refractivity contribution in [3.63, 3.8) is 0 Å². The summed E-state index contributed by atoms with van der Waals surface area (Å²) in [5.74, 6) is 0.203. The Morgan fingerprint density at radius 3 is 2.95 bits per heavy atom. The van der Waals surface area contributed by atoms with Gasteiger partial charge in [0, 0.05) is 24.3 Å². The Hall–Kier alpha value is -1.36. The zero-order valence-corrected chi connectivity index (χ0v) is 11.8. The first kappa shape index (κ1) is 15.0. The van der Waals surface area contributed by atoms with Gasteiger partial charge in [0.05, 0.1) is 0 Å². The van der Waals surface area contributed by atoms with Crippen LogP contribution in [0.25, 0.3) is 0 Å². The Labute approximate surface area is 118 Å². The van der Waals surface area contributed by atoms with Crippen molar-refractivity contribution >= 4 is 5.69 Å². The standard InChI is InChI=1S/C15H22F2N2O/c1-2-19-9-4-6-12(8-10-19)18-13-5-3-7-14(11-13)20-15(16)17/h3,5,7,11-12,15,18H,2,4,6,8-10H2,1H3. The van der Waals surface area contributed by atoms with Crippen molar-refractivity contribution in [1.82, 2.24) is 4.90 Å². The molecule has 2 rings (SSSR count). The number of anilines is 1. The maximum Gasteiger partial charge on any atom is 0.387 e. The van der Waals surface area contributed by atoms with Crippen LogP contribution in [0.4, 0.5) is 14.5 Å². The van der Waals surface area contributed by atoms with E-state index in [1.54, 1.807) is 18.2 Å². The molecule has 1 fully saturated rings. The molecule has 0 bridgehead atoms. The Bertz CT molecular complexity index is 415. The largest absolute Gasteiger partial charge is 0.435 e. The highest BCUT2D eigenvalue weighted by Crippen LogP contribution is 2.22. The van der Waals surface area contributed by atoms with Gasteiger partial charge in [-0.25, -0.2) is 0 Å². The van der Waals surface area contributed by atoms with Crippen molar-refractivity contribution in [2.45, 2.75) is 38.8 Å². The molecule has 1 aliphatic rings. The van der Waals surface area contributed by atoms with Crippen molar-refractivity contribution in [3.05, 3.63) is 24.3 Å². The zero-order chi connectivity index (χ0) is 14.4. The number of benzene rings is 1. The summed E-state index contributed by atoms with van der Waals surface area (Å²) in [4.78, 5) is 2.44. The molecule has 1 unspecified atom stereocenters. The highest BCUT2D eigenvalue weighted by Gasteiger charge is 2.16. The number of ether oxygens (including phenoxy) is 1. The van der Waals surface area contributed by atoms with Crippen LogP contribution in [0.15, 0.2) is 24.3 Å². The van der Waals surface area contributed by atoms with Gasteiger partial charge in [-0.05, 0) is 44.5 Å². The summed E-state index contributed by atoms with van der Waals surface area (Å²) in [7, 11) is 0. The number of halogens is 2. The van der Waals surface area contributed by atoms with E-state index >= 15 is 0 Å². The predicted octanol–water partition coefficient (Wildman–Crippen LogP) is 3.57. The minimum atomic E-state index is -2.78. The average Bonchev–Trinajstić information content (AvgIpc) is 2.63. The normalized spacial score (nSPS) is 20.7. The molecule has 0 aromatic heterocycles. The Morgan fingerprint density at radius 1 is 1.35 bits per heavy atom. The van der Waals surface area contributed by atoms with E-state index in [1.165, 1.54) is 6.42 Å². The van der Waals surface area contributed by atoms with Gasteiger partial charge < -0.3 is 15.0 Å². The Morgan fingerprint density at radius 2 is 2.20 bits per heavy atom. The molecule has 1 aliphatic heterocycles. The summed E-state index contributed by atoms with van der Waals surface area (Å²) in [5.41, 5.74) is 0.845. The van der Waals surface area contributed by atoms with Crippen LogP contribution in [0, 0.1) is 0 Å². The lowest BCUT2D eigenvalue weighted by Gasteiger charge is -2.19. The molecule has 1 aromatic carbocycles. The number of likely N-dealkylation sites (tertiary alicyclic amines) is 1. The number of alkyl halides is 2. The summed E-state index contributed by atoms with van der Waals surface area (Å²) < 4.78 is 28.8. The lowest BCUT2D eigenvalue weighted by Crippen LogP contribution is -2.26. The summed E-state index contributed by atoms with van der Waals surface area (Å²) in [6.45, 7) is 2.72. The van der Waals surface area contributed by atoms with Gasteiger partial charge in [0.2, 0.25) is 0 Å². The second-order valence-electron chi connectivity index (χ2n) is 5.11. The topological polar surface area (TPSA) is 24.5 Å². The van der Waals surface area contributed by atoms with Gasteiger partial charge in [-0.3, -0.25) is 0 Å². The summed E-state index contributed by atoms with van der Waals surface area (Å²) in [6, 6.07) is 7.20. The highest BCUT2D eigenvalue weighted by molar-refractivity contribution is 5.48. The molecule has 1 saturated heterocycles. The minimum Gasteiger partial charge on any atom is -0.435 e. The van der Waals surface area contributed by atoms with E-state index in [9.17, 15) is 8.78 Å². The van der Waals surface area contributed by atoms with Gasteiger partial charge in [-0.1, -0.05) is 13.0 Å². The van der Waals surface area contributed by atoms with Crippen LogP contribution in [-0.4, -0.2) is 37.2 Å². The van der Waals surface area contributed by atoms with Crippen molar-refractivity contribution in [3.8, 4) is 5.75 Å². The number of hydrogen-bond acceptors (Lipinski definition) is 3. The van der Waals surface area contributed by atoms with Gasteiger partial charge in [0.15, 0.2) is 0 Å². The fourth-order valence-electron chi connectivity index (χ4n) is 2.61. The number of hydrogen-bond donors (Lipinski definition) is 1. The molecule has 0 saturated carbocycles. The third-order valence-electron chi connectivity index (χ3n) is 3.70. The van der Waals surface area contributed by atoms with Gasteiger partial charge in [-0.2, -0.15) is 8.78 Å². The SMILES string of the molecule is CCN1CCCC(Nc2cccc(OC(F)F)c2)CC1. The van der Waals surface area contributed by atoms with Crippen molar-refractivity contribution < 1.29 is 13.5 Å². The molecule has 1 aromatic rings. The molecule has 0 spiro atoms. The van der Waals surface area contributed by atoms with E-state index in [4.69, 9.17) is 0 Å². The van der Waals surface area contributed by atoms with Gasteiger partial charge in [0.25, 0.3) is 0 Å². The van der Waals surface area contributed by atoms with Gasteiger partial charge in [0.1, 0.15) is 5.75 Å². The Balaban J connectivity index is 1.92. The lowest BCUT2D eigenvalue weighted by atomic mass is 10.1. The lowest BCUT2D eigenvalue weighted by molar-refractivity contribution is -0.0498. The fraction of sp³-hybridized carbons (Fsp3) is 0.600. The second-order valence-corrected chi connectivity index (χ2v) is 5.11. The smallest absolute Gasteiger partial charge is 0.387 e. The first-order chi connectivity index (χ1) is 9.67. The molecule has 5 heteroatoms. The quantitative estimate of drug-likeness (QED) is 0.894. The van der Waals surface area contributed by atoms with E-state index in [0.717, 1.165) is 38.2 Å². The van der Waals surface area contributed by atoms with Crippen LogP contribution < -0.4 is 10.1 Å². The predicted molar refractivity (Wildman–Crippen MR) is 76.4 cm³/mol. The van der Waals surface area contributed by atoms with E-state index < -0.39 is 6.61 Å². The molecule has 0 radical (unpaired) electrons. The van der Waals surface area contributed by atoms with Crippen LogP contribution in [-0.2, 0) is 0 Å². The number of nitrogens with zero attached hydrogens (tertiary/aromatic N) is 1. The summed E-state index contributed by atoms with van der Waals surface area (Å²) in [5, 5.41) is 3.43. The van der Waals surface area contributed by atoms with E-state index in [0.29, 0.717) is 6.04 Å². The molecule has 1 heterocycles. The first-order valence-electron chi connectivity index (χ1n) is 7.21. The average molecular weight is 284 g/mol. The monoisotopic (exact) mass is 284 g/mol. The van der Waals surface area contributed by atoms with Crippen LogP contribution in [0.2, 0.25) is 0 Å². The molecule has 20 heavy (non-hydrogen) atoms. The molecule has 3 nitrogen and oxygen atoms in total. The van der Waals surface area contributed by atoms with E-state index in [1.807, 2.05) is 6.07 Å². The van der Waals surface area contributed by atoms with Gasteiger partial charge in [-0.15, -0.1) is 0 Å². The molecular weight excluding hydrogens is 262 g/mol. The van der Waals surface area contributed by atoms with Crippen LogP contribution in [0.5, 0.6) is 5.75 Å². The van der Waals surface area contributed by atoms with Crippen LogP contribution >= 0.6 is 0 Å². The van der Waals surface area contributed by atoms with Crippen molar-refractivity contribution in [2.24, 2.45) is 0 Å². The minimum absolute atomic E-state index is 0.203. The molecule has 1 atom stereocenters. The molecule has 112 valence electrons. The van der Waals surface area contributed by atoms with Crippen molar-refractivity contribution in [2.75, 3.05) is 25.0 Å². The third-order valence-corrected chi connectivity index (χ3v) is 3.70. The first-order valence-corrected chi connectivity index (χ1v) is 7.21. The number of rotatable bonds is 5. The molecular formula is C15H22F2N2O. The van der Waals surface area contributed by atoms with Crippen molar-refractivity contribution in [1.29, 1.82) is 0 Å². The van der Waals surface area contributed by atoms with E-state index in [2.05, 4.69) is 21.9 Å². The Kier molecular flexibility index (Phi) is 5.59. The molecule has 0 aliphatic carbocycles.